The maximum Gasteiger partial charge on any atom is 0.263 e. The highest BCUT2D eigenvalue weighted by Crippen LogP contribution is 2.27. The fourth-order valence-electron chi connectivity index (χ4n) is 2.10. The number of carbonyl (C=O) groups excluding carboxylic acids is 2. The molecule has 0 spiro atoms. The maximum atomic E-state index is 12.5. The Labute approximate surface area is 97.6 Å². The Balaban J connectivity index is 2.19. The van der Waals surface area contributed by atoms with Crippen molar-refractivity contribution in [3.63, 3.8) is 0 Å². The molecular formula is C13H12F2O2. The number of ketones is 2. The number of rotatable bonds is 3. The molecule has 0 heterocycles. The van der Waals surface area contributed by atoms with E-state index in [1.165, 1.54) is 24.3 Å². The molecule has 0 aromatic heterocycles. The van der Waals surface area contributed by atoms with E-state index in [0.29, 0.717) is 12.8 Å². The summed E-state index contributed by atoms with van der Waals surface area (Å²) in [5.41, 5.74) is 0.127. The largest absolute Gasteiger partial charge is 0.300 e. The van der Waals surface area contributed by atoms with Gasteiger partial charge in [-0.25, -0.2) is 8.78 Å². The van der Waals surface area contributed by atoms with Gasteiger partial charge in [-0.2, -0.15) is 0 Å². The maximum absolute atomic E-state index is 12.5. The Kier molecular flexibility index (Phi) is 3.31. The molecule has 2 nitrogen and oxygen atoms in total. The summed E-state index contributed by atoms with van der Waals surface area (Å²) in [6.07, 6.45) is -1.37. The Morgan fingerprint density at radius 1 is 1.35 bits per heavy atom. The highest BCUT2D eigenvalue weighted by Gasteiger charge is 2.29. The zero-order valence-corrected chi connectivity index (χ0v) is 9.16. The predicted molar refractivity (Wildman–Crippen MR) is 58.1 cm³/mol. The van der Waals surface area contributed by atoms with Crippen molar-refractivity contribution in [1.82, 2.24) is 0 Å². The van der Waals surface area contributed by atoms with Crippen molar-refractivity contribution >= 4 is 11.6 Å². The second-order valence-electron chi connectivity index (χ2n) is 4.27. The molecule has 17 heavy (non-hydrogen) atoms. The molecule has 90 valence electrons. The Hall–Kier alpha value is -1.58. The molecule has 0 radical (unpaired) electrons. The monoisotopic (exact) mass is 238 g/mol. The van der Waals surface area contributed by atoms with Gasteiger partial charge in [0, 0.05) is 29.9 Å². The van der Waals surface area contributed by atoms with E-state index >= 15 is 0 Å². The quantitative estimate of drug-likeness (QED) is 0.758. The molecule has 0 N–H and O–H groups in total. The van der Waals surface area contributed by atoms with Crippen molar-refractivity contribution in [2.24, 2.45) is 5.92 Å². The fraction of sp³-hybridized carbons (Fsp3) is 0.385. The van der Waals surface area contributed by atoms with Crippen LogP contribution in [-0.2, 0) is 4.79 Å². The molecule has 0 saturated heterocycles. The lowest BCUT2D eigenvalue weighted by Crippen LogP contribution is -2.12. The van der Waals surface area contributed by atoms with Crippen molar-refractivity contribution in [2.45, 2.75) is 25.7 Å². The van der Waals surface area contributed by atoms with Gasteiger partial charge in [-0.05, 0) is 12.5 Å². The van der Waals surface area contributed by atoms with Gasteiger partial charge in [-0.1, -0.05) is 18.2 Å². The van der Waals surface area contributed by atoms with Gasteiger partial charge in [-0.3, -0.25) is 9.59 Å². The first-order valence-corrected chi connectivity index (χ1v) is 5.52. The summed E-state index contributed by atoms with van der Waals surface area (Å²) in [6.45, 7) is 0. The van der Waals surface area contributed by atoms with Crippen LogP contribution in [0.25, 0.3) is 0 Å². The number of alkyl halides is 2. The molecule has 0 aliphatic heterocycles. The molecule has 0 bridgehead atoms. The summed E-state index contributed by atoms with van der Waals surface area (Å²) in [7, 11) is 0. The zero-order chi connectivity index (χ0) is 12.4. The topological polar surface area (TPSA) is 34.1 Å². The summed E-state index contributed by atoms with van der Waals surface area (Å²) in [4.78, 5) is 23.1. The summed E-state index contributed by atoms with van der Waals surface area (Å²) in [5, 5.41) is 0. The molecule has 1 atom stereocenters. The normalized spacial score (nSPS) is 19.9. The molecule has 1 aliphatic rings. The summed E-state index contributed by atoms with van der Waals surface area (Å²) >= 11 is 0. The predicted octanol–water partition coefficient (Wildman–Crippen LogP) is 3.18. The van der Waals surface area contributed by atoms with Crippen LogP contribution in [0.3, 0.4) is 0 Å². The Bertz CT molecular complexity index is 454. The SMILES string of the molecule is O=C1CCC(C(=O)c2cccc(C(F)F)c2)C1. The molecule has 1 fully saturated rings. The van der Waals surface area contributed by atoms with Crippen LogP contribution in [0.4, 0.5) is 8.78 Å². The van der Waals surface area contributed by atoms with Crippen molar-refractivity contribution in [2.75, 3.05) is 0 Å². The van der Waals surface area contributed by atoms with Crippen molar-refractivity contribution in [1.29, 1.82) is 0 Å². The van der Waals surface area contributed by atoms with Crippen LogP contribution in [0.2, 0.25) is 0 Å². The lowest BCUT2D eigenvalue weighted by Gasteiger charge is -2.08. The van der Waals surface area contributed by atoms with E-state index in [1.54, 1.807) is 0 Å². The van der Waals surface area contributed by atoms with Crippen molar-refractivity contribution in [3.05, 3.63) is 35.4 Å². The fourth-order valence-corrected chi connectivity index (χ4v) is 2.10. The van der Waals surface area contributed by atoms with E-state index < -0.39 is 6.43 Å². The number of carbonyl (C=O) groups is 2. The van der Waals surface area contributed by atoms with E-state index in [2.05, 4.69) is 0 Å². The Morgan fingerprint density at radius 3 is 2.71 bits per heavy atom. The van der Waals surface area contributed by atoms with E-state index in [4.69, 9.17) is 0 Å². The third-order valence-electron chi connectivity index (χ3n) is 3.04. The van der Waals surface area contributed by atoms with E-state index in [1.807, 2.05) is 0 Å². The first kappa shape index (κ1) is 11.9. The van der Waals surface area contributed by atoms with Gasteiger partial charge in [-0.15, -0.1) is 0 Å². The van der Waals surface area contributed by atoms with Gasteiger partial charge in [0.2, 0.25) is 0 Å². The lowest BCUT2D eigenvalue weighted by molar-refractivity contribution is -0.117. The third-order valence-corrected chi connectivity index (χ3v) is 3.04. The van der Waals surface area contributed by atoms with E-state index in [-0.39, 0.29) is 35.0 Å². The van der Waals surface area contributed by atoms with Gasteiger partial charge < -0.3 is 0 Å². The average molecular weight is 238 g/mol. The van der Waals surface area contributed by atoms with Gasteiger partial charge >= 0.3 is 0 Å². The first-order chi connectivity index (χ1) is 8.08. The molecule has 1 unspecified atom stereocenters. The van der Waals surface area contributed by atoms with Crippen LogP contribution in [0.1, 0.15) is 41.6 Å². The van der Waals surface area contributed by atoms with Crippen LogP contribution in [0.15, 0.2) is 24.3 Å². The third kappa shape index (κ3) is 2.57. The number of benzene rings is 1. The summed E-state index contributed by atoms with van der Waals surface area (Å²) in [5.74, 6) is -0.442. The molecular weight excluding hydrogens is 226 g/mol. The lowest BCUT2D eigenvalue weighted by atomic mass is 9.95. The number of halogens is 2. The first-order valence-electron chi connectivity index (χ1n) is 5.52. The molecule has 2 rings (SSSR count). The summed E-state index contributed by atoms with van der Waals surface area (Å²) in [6, 6.07) is 5.49. The van der Waals surface area contributed by atoms with Crippen molar-refractivity contribution < 1.29 is 18.4 Å². The number of Topliss-reactive ketones (excluding diaryl/α,β-unsaturated/α-hetero) is 2. The summed E-state index contributed by atoms with van der Waals surface area (Å²) < 4.78 is 25.0. The number of hydrogen-bond donors (Lipinski definition) is 0. The molecule has 0 amide bonds. The van der Waals surface area contributed by atoms with Crippen LogP contribution in [-0.4, -0.2) is 11.6 Å². The van der Waals surface area contributed by atoms with Gasteiger partial charge in [0.25, 0.3) is 6.43 Å². The van der Waals surface area contributed by atoms with Gasteiger partial charge in [0.1, 0.15) is 5.78 Å². The number of hydrogen-bond acceptors (Lipinski definition) is 2. The van der Waals surface area contributed by atoms with Gasteiger partial charge in [0.05, 0.1) is 0 Å². The van der Waals surface area contributed by atoms with E-state index in [0.717, 1.165) is 0 Å². The van der Waals surface area contributed by atoms with Crippen LogP contribution < -0.4 is 0 Å². The minimum atomic E-state index is -2.58. The highest BCUT2D eigenvalue weighted by molar-refractivity contribution is 6.01. The molecule has 1 aromatic rings. The zero-order valence-electron chi connectivity index (χ0n) is 9.16. The molecule has 4 heteroatoms. The van der Waals surface area contributed by atoms with Crippen molar-refractivity contribution in [3.8, 4) is 0 Å². The smallest absolute Gasteiger partial charge is 0.263 e. The minimum Gasteiger partial charge on any atom is -0.300 e. The standard InChI is InChI=1S/C13H12F2O2/c14-13(15)10-3-1-2-8(6-10)12(17)9-4-5-11(16)7-9/h1-3,6,9,13H,4-5,7H2. The second kappa shape index (κ2) is 4.73. The van der Waals surface area contributed by atoms with E-state index in [9.17, 15) is 18.4 Å². The molecule has 1 saturated carbocycles. The van der Waals surface area contributed by atoms with Gasteiger partial charge in [0.15, 0.2) is 5.78 Å². The average Bonchev–Trinajstić information content (AvgIpc) is 2.75. The second-order valence-corrected chi connectivity index (χ2v) is 4.27. The van der Waals surface area contributed by atoms with Crippen LogP contribution >= 0.6 is 0 Å². The van der Waals surface area contributed by atoms with Crippen LogP contribution in [0.5, 0.6) is 0 Å². The highest BCUT2D eigenvalue weighted by atomic mass is 19.3. The molecule has 1 aliphatic carbocycles. The Morgan fingerprint density at radius 2 is 2.12 bits per heavy atom. The minimum absolute atomic E-state index is 0.0772. The molecule has 1 aromatic carbocycles. The van der Waals surface area contributed by atoms with Crippen LogP contribution in [0, 0.1) is 5.92 Å².